The van der Waals surface area contributed by atoms with Gasteiger partial charge in [-0.1, -0.05) is 54.1 Å². The molecule has 0 spiro atoms. The Kier molecular flexibility index (Phi) is 6.96. The maximum atomic E-state index is 12.8. The first kappa shape index (κ1) is 21.1. The van der Waals surface area contributed by atoms with E-state index in [9.17, 15) is 4.79 Å². The molecule has 0 bridgehead atoms. The third-order valence-electron chi connectivity index (χ3n) is 4.61. The normalized spacial score (nSPS) is 10.7. The second-order valence-electron chi connectivity index (χ2n) is 6.76. The Labute approximate surface area is 189 Å². The molecule has 0 aliphatic heterocycles. The van der Waals surface area contributed by atoms with Crippen LogP contribution in [0.2, 0.25) is 5.02 Å². The summed E-state index contributed by atoms with van der Waals surface area (Å²) >= 11 is 7.56. The summed E-state index contributed by atoms with van der Waals surface area (Å²) < 4.78 is 1.71. The Morgan fingerprint density at radius 3 is 2.65 bits per heavy atom. The van der Waals surface area contributed by atoms with Gasteiger partial charge < -0.3 is 5.32 Å². The molecule has 3 aromatic carbocycles. The molecule has 0 saturated carbocycles. The van der Waals surface area contributed by atoms with Gasteiger partial charge in [-0.3, -0.25) is 4.79 Å². The maximum Gasteiger partial charge on any atom is 0.252 e. The molecule has 0 saturated heterocycles. The fourth-order valence-electron chi connectivity index (χ4n) is 3.10. The first-order valence-electron chi connectivity index (χ1n) is 9.78. The lowest BCUT2D eigenvalue weighted by Gasteiger charge is -2.10. The van der Waals surface area contributed by atoms with E-state index >= 15 is 0 Å². The Morgan fingerprint density at radius 1 is 1.00 bits per heavy atom. The van der Waals surface area contributed by atoms with Gasteiger partial charge in [-0.2, -0.15) is 4.68 Å². The summed E-state index contributed by atoms with van der Waals surface area (Å²) in [5.74, 6) is 1.15. The molecular formula is C23H20ClN5OS. The summed E-state index contributed by atoms with van der Waals surface area (Å²) in [6, 6.07) is 24.9. The lowest BCUT2D eigenvalue weighted by Crippen LogP contribution is -2.26. The largest absolute Gasteiger partial charge is 0.352 e. The molecule has 1 N–H and O–H groups in total. The summed E-state index contributed by atoms with van der Waals surface area (Å²) in [7, 11) is 0. The minimum Gasteiger partial charge on any atom is -0.352 e. The van der Waals surface area contributed by atoms with Gasteiger partial charge in [0.05, 0.1) is 17.0 Å². The van der Waals surface area contributed by atoms with Crippen molar-refractivity contribution < 1.29 is 4.79 Å². The van der Waals surface area contributed by atoms with E-state index in [4.69, 9.17) is 11.6 Å². The van der Waals surface area contributed by atoms with E-state index in [0.717, 1.165) is 16.1 Å². The van der Waals surface area contributed by atoms with Crippen molar-refractivity contribution in [3.05, 3.63) is 101 Å². The Hall–Kier alpha value is -3.16. The minimum absolute atomic E-state index is 0.104. The topological polar surface area (TPSA) is 72.7 Å². The predicted molar refractivity (Wildman–Crippen MR) is 123 cm³/mol. The van der Waals surface area contributed by atoms with Crippen molar-refractivity contribution in [3.63, 3.8) is 0 Å². The highest BCUT2D eigenvalue weighted by Crippen LogP contribution is 2.26. The number of tetrazole rings is 1. The van der Waals surface area contributed by atoms with E-state index in [1.165, 1.54) is 11.8 Å². The quantitative estimate of drug-likeness (QED) is 0.398. The van der Waals surface area contributed by atoms with Crippen molar-refractivity contribution in [3.8, 4) is 5.69 Å². The van der Waals surface area contributed by atoms with Gasteiger partial charge in [0.25, 0.3) is 5.91 Å². The van der Waals surface area contributed by atoms with Crippen LogP contribution in [-0.2, 0) is 12.2 Å². The molecular weight excluding hydrogens is 430 g/mol. The first-order chi connectivity index (χ1) is 15.2. The number of carbonyl (C=O) groups excluding carboxylic acids is 1. The number of hydrogen-bond acceptors (Lipinski definition) is 5. The zero-order valence-electron chi connectivity index (χ0n) is 16.6. The van der Waals surface area contributed by atoms with Gasteiger partial charge in [0.2, 0.25) is 0 Å². The third kappa shape index (κ3) is 5.51. The molecule has 0 radical (unpaired) electrons. The van der Waals surface area contributed by atoms with E-state index in [2.05, 4.69) is 20.8 Å². The van der Waals surface area contributed by atoms with Crippen LogP contribution in [0.15, 0.2) is 83.8 Å². The van der Waals surface area contributed by atoms with Crippen LogP contribution in [0, 0.1) is 0 Å². The van der Waals surface area contributed by atoms with E-state index in [0.29, 0.717) is 35.1 Å². The van der Waals surface area contributed by atoms with Crippen LogP contribution in [0.25, 0.3) is 5.69 Å². The second kappa shape index (κ2) is 10.2. The standard InChI is InChI=1S/C23H20ClN5OS/c24-18-8-6-7-17(15-18)13-14-25-23(30)20-11-4-5-12-21(20)31-16-22-26-27-28-29(22)19-9-2-1-3-10-19/h1-12,15H,13-14,16H2,(H,25,30). The van der Waals surface area contributed by atoms with Gasteiger partial charge in [0.1, 0.15) is 0 Å². The molecule has 6 nitrogen and oxygen atoms in total. The van der Waals surface area contributed by atoms with Crippen molar-refractivity contribution in [1.82, 2.24) is 25.5 Å². The zero-order valence-corrected chi connectivity index (χ0v) is 18.2. The molecule has 0 fully saturated rings. The average molecular weight is 450 g/mol. The number of thioether (sulfide) groups is 1. The van der Waals surface area contributed by atoms with Crippen LogP contribution < -0.4 is 5.32 Å². The molecule has 1 aromatic heterocycles. The number of nitrogens with zero attached hydrogens (tertiary/aromatic N) is 4. The number of benzene rings is 3. The van der Waals surface area contributed by atoms with Crippen LogP contribution in [0.3, 0.4) is 0 Å². The monoisotopic (exact) mass is 449 g/mol. The zero-order chi connectivity index (χ0) is 21.5. The molecule has 0 unspecified atom stereocenters. The fraction of sp³-hybridized carbons (Fsp3) is 0.130. The number of aromatic nitrogens is 4. The van der Waals surface area contributed by atoms with Crippen LogP contribution >= 0.6 is 23.4 Å². The van der Waals surface area contributed by atoms with Crippen LogP contribution in [0.4, 0.5) is 0 Å². The second-order valence-corrected chi connectivity index (χ2v) is 8.22. The SMILES string of the molecule is O=C(NCCc1cccc(Cl)c1)c1ccccc1SCc1nnnn1-c1ccccc1. The van der Waals surface area contributed by atoms with Crippen LogP contribution in [-0.4, -0.2) is 32.7 Å². The molecule has 8 heteroatoms. The molecule has 0 aliphatic carbocycles. The highest BCUT2D eigenvalue weighted by atomic mass is 35.5. The highest BCUT2D eigenvalue weighted by Gasteiger charge is 2.14. The number of carbonyl (C=O) groups is 1. The summed E-state index contributed by atoms with van der Waals surface area (Å²) in [5.41, 5.74) is 2.62. The maximum absolute atomic E-state index is 12.8. The van der Waals surface area contributed by atoms with Crippen molar-refractivity contribution in [1.29, 1.82) is 0 Å². The van der Waals surface area contributed by atoms with E-state index in [-0.39, 0.29) is 5.91 Å². The van der Waals surface area contributed by atoms with Crippen molar-refractivity contribution >= 4 is 29.3 Å². The van der Waals surface area contributed by atoms with E-state index in [1.54, 1.807) is 4.68 Å². The Balaban J connectivity index is 1.40. The van der Waals surface area contributed by atoms with Gasteiger partial charge in [-0.25, -0.2) is 0 Å². The number of halogens is 1. The Morgan fingerprint density at radius 2 is 1.81 bits per heavy atom. The van der Waals surface area contributed by atoms with Crippen LogP contribution in [0.5, 0.6) is 0 Å². The predicted octanol–water partition coefficient (Wildman–Crippen LogP) is 4.58. The highest BCUT2D eigenvalue weighted by molar-refractivity contribution is 7.98. The number of nitrogens with one attached hydrogen (secondary N) is 1. The van der Waals surface area contributed by atoms with Gasteiger partial charge in [0.15, 0.2) is 5.82 Å². The minimum atomic E-state index is -0.104. The molecule has 0 atom stereocenters. The fourth-order valence-corrected chi connectivity index (χ4v) is 4.26. The summed E-state index contributed by atoms with van der Waals surface area (Å²) in [4.78, 5) is 13.7. The van der Waals surface area contributed by atoms with Crippen molar-refractivity contribution in [2.24, 2.45) is 0 Å². The number of amides is 1. The van der Waals surface area contributed by atoms with Crippen molar-refractivity contribution in [2.45, 2.75) is 17.1 Å². The molecule has 4 aromatic rings. The summed E-state index contributed by atoms with van der Waals surface area (Å²) in [6.07, 6.45) is 0.716. The summed E-state index contributed by atoms with van der Waals surface area (Å²) in [6.45, 7) is 0.532. The number of rotatable bonds is 8. The van der Waals surface area contributed by atoms with Gasteiger partial charge in [0, 0.05) is 16.5 Å². The molecule has 31 heavy (non-hydrogen) atoms. The number of para-hydroxylation sites is 1. The molecule has 4 rings (SSSR count). The molecule has 1 amide bonds. The third-order valence-corrected chi connectivity index (χ3v) is 5.92. The lowest BCUT2D eigenvalue weighted by atomic mass is 10.1. The molecule has 1 heterocycles. The van der Waals surface area contributed by atoms with Crippen LogP contribution in [0.1, 0.15) is 21.7 Å². The molecule has 156 valence electrons. The molecule has 0 aliphatic rings. The summed E-state index contributed by atoms with van der Waals surface area (Å²) in [5, 5.41) is 15.7. The Bertz CT molecular complexity index is 1170. The first-order valence-corrected chi connectivity index (χ1v) is 11.1. The van der Waals surface area contributed by atoms with E-state index in [1.807, 2.05) is 78.9 Å². The van der Waals surface area contributed by atoms with Crippen molar-refractivity contribution in [2.75, 3.05) is 6.54 Å². The lowest BCUT2D eigenvalue weighted by molar-refractivity contribution is 0.0951. The van der Waals surface area contributed by atoms with Gasteiger partial charge in [-0.05, 0) is 58.8 Å². The average Bonchev–Trinajstić information content (AvgIpc) is 3.27. The van der Waals surface area contributed by atoms with Gasteiger partial charge >= 0.3 is 0 Å². The smallest absolute Gasteiger partial charge is 0.252 e. The number of hydrogen-bond donors (Lipinski definition) is 1. The van der Waals surface area contributed by atoms with E-state index < -0.39 is 0 Å². The van der Waals surface area contributed by atoms with Gasteiger partial charge in [-0.15, -0.1) is 16.9 Å².